The van der Waals surface area contributed by atoms with Crippen LogP contribution in [0.4, 0.5) is 0 Å². The molecule has 0 unspecified atom stereocenters. The van der Waals surface area contributed by atoms with Crippen LogP contribution in [0, 0.1) is 12.8 Å². The molecule has 0 bridgehead atoms. The molecule has 0 spiro atoms. The number of hydrogen-bond donors (Lipinski definition) is 1. The van der Waals surface area contributed by atoms with Crippen LogP contribution in [0.2, 0.25) is 0 Å². The van der Waals surface area contributed by atoms with E-state index in [9.17, 15) is 9.59 Å². The number of nitrogens with one attached hydrogen (secondary N) is 1. The van der Waals surface area contributed by atoms with E-state index in [1.54, 1.807) is 6.20 Å². The number of aromatic nitrogens is 2. The summed E-state index contributed by atoms with van der Waals surface area (Å²) >= 11 is 0. The van der Waals surface area contributed by atoms with Gasteiger partial charge in [0.25, 0.3) is 5.91 Å². The van der Waals surface area contributed by atoms with Gasteiger partial charge in [-0.2, -0.15) is 5.10 Å². The zero-order chi connectivity index (χ0) is 22.5. The SMILES string of the molecule is CCCN1CCN(C(=O)c2cn[nH]c2C)C[C@@H](Cc2ccccc2-c2ccccc2)C1=O. The molecule has 0 aliphatic carbocycles. The lowest BCUT2D eigenvalue weighted by Gasteiger charge is -2.24. The second-order valence-corrected chi connectivity index (χ2v) is 8.41. The van der Waals surface area contributed by atoms with Gasteiger partial charge in [-0.1, -0.05) is 61.5 Å². The summed E-state index contributed by atoms with van der Waals surface area (Å²) in [4.78, 5) is 30.4. The zero-order valence-electron chi connectivity index (χ0n) is 18.8. The Kier molecular flexibility index (Phi) is 6.69. The third-order valence-corrected chi connectivity index (χ3v) is 6.15. The molecule has 1 fully saturated rings. The fourth-order valence-electron chi connectivity index (χ4n) is 4.47. The predicted molar refractivity (Wildman–Crippen MR) is 125 cm³/mol. The van der Waals surface area contributed by atoms with Crippen molar-refractivity contribution in [3.63, 3.8) is 0 Å². The highest BCUT2D eigenvalue weighted by Crippen LogP contribution is 2.27. The van der Waals surface area contributed by atoms with Crippen LogP contribution < -0.4 is 0 Å². The van der Waals surface area contributed by atoms with Crippen LogP contribution in [0.3, 0.4) is 0 Å². The monoisotopic (exact) mass is 430 g/mol. The predicted octanol–water partition coefficient (Wildman–Crippen LogP) is 3.94. The molecule has 2 heterocycles. The van der Waals surface area contributed by atoms with E-state index < -0.39 is 0 Å². The van der Waals surface area contributed by atoms with E-state index >= 15 is 0 Å². The van der Waals surface area contributed by atoms with Crippen LogP contribution in [0.25, 0.3) is 11.1 Å². The van der Waals surface area contributed by atoms with Crippen LogP contribution in [0.5, 0.6) is 0 Å². The minimum absolute atomic E-state index is 0.0660. The Morgan fingerprint density at radius 1 is 1.09 bits per heavy atom. The summed E-state index contributed by atoms with van der Waals surface area (Å²) in [6.07, 6.45) is 3.07. The van der Waals surface area contributed by atoms with Gasteiger partial charge in [0.2, 0.25) is 5.91 Å². The van der Waals surface area contributed by atoms with Gasteiger partial charge in [-0.3, -0.25) is 14.7 Å². The molecule has 3 aromatic rings. The molecule has 32 heavy (non-hydrogen) atoms. The average Bonchev–Trinajstić information content (AvgIpc) is 3.19. The third kappa shape index (κ3) is 4.59. The van der Waals surface area contributed by atoms with E-state index in [0.29, 0.717) is 38.2 Å². The van der Waals surface area contributed by atoms with Crippen molar-refractivity contribution >= 4 is 11.8 Å². The lowest BCUT2D eigenvalue weighted by molar-refractivity contribution is -0.134. The van der Waals surface area contributed by atoms with Crippen molar-refractivity contribution in [2.45, 2.75) is 26.7 Å². The van der Waals surface area contributed by atoms with Gasteiger partial charge in [-0.15, -0.1) is 0 Å². The van der Waals surface area contributed by atoms with Crippen LogP contribution in [-0.4, -0.2) is 58.0 Å². The normalized spacial score (nSPS) is 16.8. The van der Waals surface area contributed by atoms with Crippen molar-refractivity contribution in [3.05, 3.63) is 77.6 Å². The number of aromatic amines is 1. The van der Waals surface area contributed by atoms with Crippen LogP contribution >= 0.6 is 0 Å². The number of hydrogen-bond acceptors (Lipinski definition) is 3. The number of aryl methyl sites for hydroxylation is 1. The number of H-pyrrole nitrogens is 1. The lowest BCUT2D eigenvalue weighted by atomic mass is 9.91. The first-order valence-corrected chi connectivity index (χ1v) is 11.3. The van der Waals surface area contributed by atoms with Gasteiger partial charge in [-0.05, 0) is 36.5 Å². The van der Waals surface area contributed by atoms with Crippen LogP contribution in [0.15, 0.2) is 60.8 Å². The quantitative estimate of drug-likeness (QED) is 0.644. The summed E-state index contributed by atoms with van der Waals surface area (Å²) in [5.74, 6) is -0.220. The Bertz CT molecular complexity index is 1080. The van der Waals surface area contributed by atoms with Crippen molar-refractivity contribution in [3.8, 4) is 11.1 Å². The number of nitrogens with zero attached hydrogens (tertiary/aromatic N) is 3. The Morgan fingerprint density at radius 3 is 2.56 bits per heavy atom. The highest BCUT2D eigenvalue weighted by atomic mass is 16.2. The summed E-state index contributed by atoms with van der Waals surface area (Å²) in [5, 5.41) is 6.85. The first kappa shape index (κ1) is 21.8. The van der Waals surface area contributed by atoms with Gasteiger partial charge in [0.15, 0.2) is 0 Å². The summed E-state index contributed by atoms with van der Waals surface area (Å²) in [7, 11) is 0. The maximum absolute atomic E-state index is 13.5. The molecule has 2 amide bonds. The average molecular weight is 431 g/mol. The first-order valence-electron chi connectivity index (χ1n) is 11.3. The number of carbonyl (C=O) groups excluding carboxylic acids is 2. The first-order chi connectivity index (χ1) is 15.6. The Labute approximate surface area is 189 Å². The van der Waals surface area contributed by atoms with E-state index in [2.05, 4.69) is 41.4 Å². The van der Waals surface area contributed by atoms with Gasteiger partial charge >= 0.3 is 0 Å². The maximum atomic E-state index is 13.5. The molecule has 1 aliphatic rings. The summed E-state index contributed by atoms with van der Waals surface area (Å²) in [6.45, 7) is 6.14. The molecular weight excluding hydrogens is 400 g/mol. The van der Waals surface area contributed by atoms with Crippen molar-refractivity contribution in [1.82, 2.24) is 20.0 Å². The topological polar surface area (TPSA) is 69.3 Å². The second-order valence-electron chi connectivity index (χ2n) is 8.41. The van der Waals surface area contributed by atoms with E-state index in [-0.39, 0.29) is 17.7 Å². The van der Waals surface area contributed by atoms with Crippen LogP contribution in [0.1, 0.15) is 35.0 Å². The van der Waals surface area contributed by atoms with E-state index in [0.717, 1.165) is 28.8 Å². The molecule has 6 nitrogen and oxygen atoms in total. The Balaban J connectivity index is 1.64. The van der Waals surface area contributed by atoms with Crippen molar-refractivity contribution < 1.29 is 9.59 Å². The Morgan fingerprint density at radius 2 is 1.84 bits per heavy atom. The molecule has 6 heteroatoms. The zero-order valence-corrected chi connectivity index (χ0v) is 18.8. The maximum Gasteiger partial charge on any atom is 0.257 e. The molecule has 0 saturated carbocycles. The minimum Gasteiger partial charge on any atom is -0.341 e. The largest absolute Gasteiger partial charge is 0.341 e. The van der Waals surface area contributed by atoms with Gasteiger partial charge in [0.05, 0.1) is 17.7 Å². The summed E-state index contributed by atoms with van der Waals surface area (Å²) < 4.78 is 0. The molecule has 166 valence electrons. The summed E-state index contributed by atoms with van der Waals surface area (Å²) in [6, 6.07) is 18.5. The van der Waals surface area contributed by atoms with Crippen molar-refractivity contribution in [1.29, 1.82) is 0 Å². The molecule has 1 aromatic heterocycles. The van der Waals surface area contributed by atoms with Gasteiger partial charge in [-0.25, -0.2) is 0 Å². The van der Waals surface area contributed by atoms with E-state index in [1.165, 1.54) is 0 Å². The fourth-order valence-corrected chi connectivity index (χ4v) is 4.47. The standard InChI is InChI=1S/C26H30N4O2/c1-3-13-29-14-15-30(26(32)24-17-27-28-19(24)2)18-22(25(29)31)16-21-11-7-8-12-23(21)20-9-5-4-6-10-20/h4-12,17,22H,3,13-16,18H2,1-2H3,(H,27,28)/t22-/m1/s1. The lowest BCUT2D eigenvalue weighted by Crippen LogP contribution is -2.38. The smallest absolute Gasteiger partial charge is 0.257 e. The number of carbonyl (C=O) groups is 2. The molecule has 1 saturated heterocycles. The third-order valence-electron chi connectivity index (χ3n) is 6.15. The minimum atomic E-state index is -0.287. The van der Waals surface area contributed by atoms with Crippen molar-refractivity contribution in [2.75, 3.05) is 26.2 Å². The molecule has 1 N–H and O–H groups in total. The van der Waals surface area contributed by atoms with Gasteiger partial charge in [0, 0.05) is 31.9 Å². The number of amides is 2. The van der Waals surface area contributed by atoms with E-state index in [1.807, 2.05) is 47.1 Å². The second kappa shape index (κ2) is 9.81. The molecule has 4 rings (SSSR count). The van der Waals surface area contributed by atoms with Crippen LogP contribution in [-0.2, 0) is 11.2 Å². The fraction of sp³-hybridized carbons (Fsp3) is 0.346. The van der Waals surface area contributed by atoms with Gasteiger partial charge in [0.1, 0.15) is 0 Å². The highest BCUT2D eigenvalue weighted by molar-refractivity contribution is 5.95. The highest BCUT2D eigenvalue weighted by Gasteiger charge is 2.33. The Hall–Kier alpha value is -3.41. The van der Waals surface area contributed by atoms with E-state index in [4.69, 9.17) is 0 Å². The molecule has 1 atom stereocenters. The van der Waals surface area contributed by atoms with Gasteiger partial charge < -0.3 is 9.80 Å². The number of benzene rings is 2. The summed E-state index contributed by atoms with van der Waals surface area (Å²) in [5.41, 5.74) is 4.72. The molecule has 0 radical (unpaired) electrons. The molecule has 2 aromatic carbocycles. The molecular formula is C26H30N4O2. The molecule has 1 aliphatic heterocycles. The van der Waals surface area contributed by atoms with Crippen molar-refractivity contribution in [2.24, 2.45) is 5.92 Å². The number of rotatable bonds is 6.